The number of nitrogens with zero attached hydrogens (tertiary/aromatic N) is 1. The van der Waals surface area contributed by atoms with Gasteiger partial charge in [0, 0.05) is 32.5 Å². The molecule has 7 heteroatoms. The predicted molar refractivity (Wildman–Crippen MR) is 117 cm³/mol. The lowest BCUT2D eigenvalue weighted by molar-refractivity contribution is -0.132. The van der Waals surface area contributed by atoms with Crippen LogP contribution in [-0.2, 0) is 19.4 Å². The van der Waals surface area contributed by atoms with Gasteiger partial charge < -0.3 is 10.2 Å². The summed E-state index contributed by atoms with van der Waals surface area (Å²) in [6, 6.07) is 19.9. The molecule has 160 valence electrons. The average molecular weight is 429 g/mol. The van der Waals surface area contributed by atoms with Gasteiger partial charge in [-0.05, 0) is 24.0 Å². The van der Waals surface area contributed by atoms with Crippen LogP contribution in [0.3, 0.4) is 0 Å². The molecule has 0 saturated carbocycles. The van der Waals surface area contributed by atoms with E-state index < -0.39 is 26.7 Å². The van der Waals surface area contributed by atoms with Crippen LogP contribution in [0, 0.1) is 0 Å². The molecule has 0 radical (unpaired) electrons. The van der Waals surface area contributed by atoms with Gasteiger partial charge >= 0.3 is 0 Å². The number of benzene rings is 2. The third-order valence-electron chi connectivity index (χ3n) is 5.70. The summed E-state index contributed by atoms with van der Waals surface area (Å²) >= 11 is 0. The third kappa shape index (κ3) is 5.48. The van der Waals surface area contributed by atoms with Crippen LogP contribution in [-0.4, -0.2) is 56.3 Å². The van der Waals surface area contributed by atoms with Crippen molar-refractivity contribution in [3.05, 3.63) is 71.8 Å². The van der Waals surface area contributed by atoms with Gasteiger partial charge in [0.15, 0.2) is 9.84 Å². The molecule has 0 aromatic heterocycles. The summed E-state index contributed by atoms with van der Waals surface area (Å²) in [5.74, 6) is -1.02. The molecule has 1 aliphatic rings. The fourth-order valence-electron chi connectivity index (χ4n) is 3.94. The van der Waals surface area contributed by atoms with E-state index in [1.165, 1.54) is 7.05 Å². The normalized spacial score (nSPS) is 15.2. The molecule has 0 aliphatic carbocycles. The summed E-state index contributed by atoms with van der Waals surface area (Å²) in [5.41, 5.74) is 2.17. The number of sulfone groups is 1. The monoisotopic (exact) mass is 428 g/mol. The van der Waals surface area contributed by atoms with E-state index in [1.54, 1.807) is 4.90 Å². The van der Waals surface area contributed by atoms with Crippen LogP contribution < -0.4 is 5.32 Å². The Morgan fingerprint density at radius 3 is 1.93 bits per heavy atom. The smallest absolute Gasteiger partial charge is 0.234 e. The van der Waals surface area contributed by atoms with Crippen LogP contribution in [0.25, 0.3) is 0 Å². The van der Waals surface area contributed by atoms with Gasteiger partial charge in [0.25, 0.3) is 0 Å². The molecule has 2 aromatic carbocycles. The summed E-state index contributed by atoms with van der Waals surface area (Å²) in [5, 5.41) is 1.79. The quantitative estimate of drug-likeness (QED) is 0.734. The number of hydrogen-bond donors (Lipinski definition) is 1. The molecule has 6 nitrogen and oxygen atoms in total. The summed E-state index contributed by atoms with van der Waals surface area (Å²) in [4.78, 5) is 26.3. The van der Waals surface area contributed by atoms with Crippen molar-refractivity contribution in [2.45, 2.75) is 30.4 Å². The van der Waals surface area contributed by atoms with Crippen LogP contribution in [0.4, 0.5) is 0 Å². The molecule has 0 unspecified atom stereocenters. The Labute approximate surface area is 178 Å². The lowest BCUT2D eigenvalue weighted by atomic mass is 9.88. The Morgan fingerprint density at radius 2 is 1.47 bits per heavy atom. The Hall–Kier alpha value is -2.67. The van der Waals surface area contributed by atoms with Gasteiger partial charge in [-0.1, -0.05) is 60.7 Å². The molecular weight excluding hydrogens is 400 g/mol. The molecule has 0 bridgehead atoms. The molecular formula is C23H28N2O4S. The predicted octanol–water partition coefficient (Wildman–Crippen LogP) is 2.36. The maximum atomic E-state index is 13.0. The van der Waals surface area contributed by atoms with Crippen LogP contribution in [0.2, 0.25) is 0 Å². The molecule has 2 amide bonds. The van der Waals surface area contributed by atoms with Crippen molar-refractivity contribution in [2.75, 3.05) is 25.9 Å². The number of carbonyl (C=O) groups excluding carboxylic acids is 2. The van der Waals surface area contributed by atoms with Gasteiger partial charge in [-0.2, -0.15) is 0 Å². The van der Waals surface area contributed by atoms with E-state index in [2.05, 4.69) is 5.32 Å². The fraction of sp³-hybridized carbons (Fsp3) is 0.391. The van der Waals surface area contributed by atoms with Crippen molar-refractivity contribution in [3.63, 3.8) is 0 Å². The van der Waals surface area contributed by atoms with Crippen molar-refractivity contribution in [1.82, 2.24) is 10.2 Å². The summed E-state index contributed by atoms with van der Waals surface area (Å²) in [7, 11) is -2.08. The number of nitrogens with one attached hydrogen (secondary N) is 1. The number of carbonyl (C=O) groups is 2. The first-order valence-electron chi connectivity index (χ1n) is 10.2. The molecule has 1 aliphatic heterocycles. The highest BCUT2D eigenvalue weighted by atomic mass is 32.2. The minimum absolute atomic E-state index is 0.0230. The highest BCUT2D eigenvalue weighted by Gasteiger charge is 2.33. The molecule has 1 N–H and O–H groups in total. The minimum Gasteiger partial charge on any atom is -0.358 e. The zero-order chi connectivity index (χ0) is 21.6. The highest BCUT2D eigenvalue weighted by Crippen LogP contribution is 2.29. The van der Waals surface area contributed by atoms with Gasteiger partial charge in [0.05, 0.1) is 5.25 Å². The van der Waals surface area contributed by atoms with E-state index in [-0.39, 0.29) is 11.8 Å². The van der Waals surface area contributed by atoms with E-state index in [4.69, 9.17) is 0 Å². The maximum Gasteiger partial charge on any atom is 0.234 e. The topological polar surface area (TPSA) is 83.6 Å². The van der Waals surface area contributed by atoms with E-state index in [9.17, 15) is 18.0 Å². The number of rotatable bonds is 7. The van der Waals surface area contributed by atoms with Gasteiger partial charge in [-0.25, -0.2) is 8.42 Å². The fourth-order valence-corrected chi connectivity index (χ4v) is 5.61. The lowest BCUT2D eigenvalue weighted by Crippen LogP contribution is -2.44. The van der Waals surface area contributed by atoms with Crippen LogP contribution in [0.15, 0.2) is 60.7 Å². The lowest BCUT2D eigenvalue weighted by Gasteiger charge is -2.32. The molecule has 0 spiro atoms. The summed E-state index contributed by atoms with van der Waals surface area (Å²) < 4.78 is 24.8. The van der Waals surface area contributed by atoms with E-state index in [0.29, 0.717) is 32.4 Å². The maximum absolute atomic E-state index is 13.0. The molecule has 3 rings (SSSR count). The van der Waals surface area contributed by atoms with Crippen molar-refractivity contribution in [1.29, 1.82) is 0 Å². The van der Waals surface area contributed by atoms with Crippen molar-refractivity contribution in [2.24, 2.45) is 0 Å². The molecule has 0 atom stereocenters. The number of likely N-dealkylation sites (tertiary alicyclic amines) is 1. The average Bonchev–Trinajstić information content (AvgIpc) is 2.78. The Kier molecular flexibility index (Phi) is 7.26. The van der Waals surface area contributed by atoms with Crippen LogP contribution in [0.5, 0.6) is 0 Å². The molecule has 2 aromatic rings. The largest absolute Gasteiger partial charge is 0.358 e. The van der Waals surface area contributed by atoms with Crippen molar-refractivity contribution >= 4 is 21.7 Å². The zero-order valence-electron chi connectivity index (χ0n) is 17.2. The number of piperidine rings is 1. The molecule has 1 saturated heterocycles. The second-order valence-electron chi connectivity index (χ2n) is 7.64. The number of hydrogen-bond acceptors (Lipinski definition) is 4. The SMILES string of the molecule is CNC(=O)CS(=O)(=O)C1CCN(C(=O)CC(c2ccccc2)c2ccccc2)CC1. The summed E-state index contributed by atoms with van der Waals surface area (Å²) in [6.07, 6.45) is 1.07. The highest BCUT2D eigenvalue weighted by molar-refractivity contribution is 7.92. The van der Waals surface area contributed by atoms with Gasteiger partial charge in [-0.3, -0.25) is 9.59 Å². The Bertz CT molecular complexity index is 914. The standard InChI is InChI=1S/C23H28N2O4S/c1-24-22(26)17-30(28,29)20-12-14-25(15-13-20)23(27)16-21(18-8-4-2-5-9-18)19-10-6-3-7-11-19/h2-11,20-21H,12-17H2,1H3,(H,24,26). The van der Waals surface area contributed by atoms with Gasteiger partial charge in [-0.15, -0.1) is 0 Å². The first-order chi connectivity index (χ1) is 14.4. The minimum atomic E-state index is -3.50. The second-order valence-corrected chi connectivity index (χ2v) is 9.92. The Morgan fingerprint density at radius 1 is 0.967 bits per heavy atom. The third-order valence-corrected chi connectivity index (χ3v) is 7.85. The molecule has 1 fully saturated rings. The van der Waals surface area contributed by atoms with Crippen LogP contribution in [0.1, 0.15) is 36.3 Å². The van der Waals surface area contributed by atoms with E-state index in [0.717, 1.165) is 11.1 Å². The summed E-state index contributed by atoms with van der Waals surface area (Å²) in [6.45, 7) is 0.791. The number of amides is 2. The van der Waals surface area contributed by atoms with Gasteiger partial charge in [0.2, 0.25) is 11.8 Å². The molecule has 30 heavy (non-hydrogen) atoms. The second kappa shape index (κ2) is 9.89. The van der Waals surface area contributed by atoms with Gasteiger partial charge in [0.1, 0.15) is 5.75 Å². The van der Waals surface area contributed by atoms with Crippen LogP contribution >= 0.6 is 0 Å². The Balaban J connectivity index is 1.66. The molecule has 1 heterocycles. The first-order valence-corrected chi connectivity index (χ1v) is 11.9. The van der Waals surface area contributed by atoms with Crippen molar-refractivity contribution in [3.8, 4) is 0 Å². The zero-order valence-corrected chi connectivity index (χ0v) is 18.0. The van der Waals surface area contributed by atoms with E-state index in [1.807, 2.05) is 60.7 Å². The van der Waals surface area contributed by atoms with Crippen molar-refractivity contribution < 1.29 is 18.0 Å². The van der Waals surface area contributed by atoms with E-state index >= 15 is 0 Å². The first kappa shape index (κ1) is 22.0.